The predicted molar refractivity (Wildman–Crippen MR) is 77.2 cm³/mol. The van der Waals surface area contributed by atoms with E-state index in [4.69, 9.17) is 14.2 Å². The zero-order valence-electron chi connectivity index (χ0n) is 12.7. The molecule has 2 heterocycles. The highest BCUT2D eigenvalue weighted by molar-refractivity contribution is 5.89. The van der Waals surface area contributed by atoms with Gasteiger partial charge in [0.15, 0.2) is 11.5 Å². The van der Waals surface area contributed by atoms with E-state index >= 15 is 0 Å². The third kappa shape index (κ3) is 1.95. The van der Waals surface area contributed by atoms with E-state index in [9.17, 15) is 4.79 Å². The Balaban J connectivity index is 2.17. The Morgan fingerprint density at radius 2 is 1.90 bits per heavy atom. The molecule has 1 unspecified atom stereocenters. The van der Waals surface area contributed by atoms with Crippen LogP contribution >= 0.6 is 0 Å². The smallest absolute Gasteiger partial charge is 0.253 e. The van der Waals surface area contributed by atoms with Gasteiger partial charge in [-0.15, -0.1) is 0 Å². The number of rotatable bonds is 2. The number of methoxy groups -OCH3 is 2. The number of amides is 1. The van der Waals surface area contributed by atoms with E-state index in [0.29, 0.717) is 23.8 Å². The molecule has 0 saturated heterocycles. The lowest BCUT2D eigenvalue weighted by molar-refractivity contribution is -0.169. The quantitative estimate of drug-likeness (QED) is 0.837. The fourth-order valence-electron chi connectivity index (χ4n) is 3.18. The monoisotopic (exact) mass is 289 g/mol. The van der Waals surface area contributed by atoms with E-state index in [1.807, 2.05) is 19.1 Å². The molecule has 0 fully saturated rings. The number of carbonyl (C=O) groups is 1. The molecule has 1 aromatic rings. The summed E-state index contributed by atoms with van der Waals surface area (Å²) < 4.78 is 16.8. The van der Waals surface area contributed by atoms with Crippen molar-refractivity contribution in [2.75, 3.05) is 20.8 Å². The van der Waals surface area contributed by atoms with E-state index in [1.54, 1.807) is 26.0 Å². The van der Waals surface area contributed by atoms with Crippen LogP contribution in [0.2, 0.25) is 0 Å². The minimum Gasteiger partial charge on any atom is -0.493 e. The van der Waals surface area contributed by atoms with Crippen LogP contribution in [-0.4, -0.2) is 31.6 Å². The summed E-state index contributed by atoms with van der Waals surface area (Å²) in [5.74, 6) is 1.95. The SMILES string of the molecule is COc1cc2c(cc1OC)C1(C)OC(C)=CC(=O)N1CC2. The van der Waals surface area contributed by atoms with Gasteiger partial charge in [0, 0.05) is 18.2 Å². The zero-order chi connectivity index (χ0) is 15.2. The van der Waals surface area contributed by atoms with Gasteiger partial charge >= 0.3 is 0 Å². The van der Waals surface area contributed by atoms with Gasteiger partial charge in [-0.05, 0) is 38.0 Å². The number of nitrogens with zero attached hydrogens (tertiary/aromatic N) is 1. The van der Waals surface area contributed by atoms with Crippen LogP contribution in [0.25, 0.3) is 0 Å². The number of allylic oxidation sites excluding steroid dienone is 1. The summed E-state index contributed by atoms with van der Waals surface area (Å²) in [4.78, 5) is 14.0. The van der Waals surface area contributed by atoms with Crippen LogP contribution in [0.1, 0.15) is 25.0 Å². The fourth-order valence-corrected chi connectivity index (χ4v) is 3.18. The van der Waals surface area contributed by atoms with Crippen molar-refractivity contribution < 1.29 is 19.0 Å². The predicted octanol–water partition coefficient (Wildman–Crippen LogP) is 2.20. The van der Waals surface area contributed by atoms with Crippen molar-refractivity contribution in [3.8, 4) is 11.5 Å². The molecule has 1 atom stereocenters. The van der Waals surface area contributed by atoms with Crippen LogP contribution in [-0.2, 0) is 21.7 Å². The molecular weight excluding hydrogens is 270 g/mol. The van der Waals surface area contributed by atoms with Gasteiger partial charge in [0.05, 0.1) is 14.2 Å². The third-order valence-corrected chi connectivity index (χ3v) is 4.18. The second kappa shape index (κ2) is 4.69. The first-order valence-electron chi connectivity index (χ1n) is 6.94. The third-order valence-electron chi connectivity index (χ3n) is 4.18. The van der Waals surface area contributed by atoms with Gasteiger partial charge in [-0.25, -0.2) is 0 Å². The topological polar surface area (TPSA) is 48.0 Å². The molecule has 112 valence electrons. The second-order valence-corrected chi connectivity index (χ2v) is 5.44. The van der Waals surface area contributed by atoms with E-state index in [2.05, 4.69) is 0 Å². The fraction of sp³-hybridized carbons (Fsp3) is 0.438. The average Bonchev–Trinajstić information content (AvgIpc) is 2.44. The average molecular weight is 289 g/mol. The molecule has 0 aliphatic carbocycles. The Hall–Kier alpha value is -2.17. The number of fused-ring (bicyclic) bond motifs is 3. The van der Waals surface area contributed by atoms with Gasteiger partial charge in [0.25, 0.3) is 5.91 Å². The number of ether oxygens (including phenoxy) is 3. The van der Waals surface area contributed by atoms with E-state index in [0.717, 1.165) is 17.5 Å². The Morgan fingerprint density at radius 1 is 1.24 bits per heavy atom. The highest BCUT2D eigenvalue weighted by atomic mass is 16.5. The molecule has 5 nitrogen and oxygen atoms in total. The van der Waals surface area contributed by atoms with Gasteiger partial charge in [-0.2, -0.15) is 0 Å². The lowest BCUT2D eigenvalue weighted by atomic mass is 9.88. The van der Waals surface area contributed by atoms with Crippen LogP contribution in [0.15, 0.2) is 24.0 Å². The van der Waals surface area contributed by atoms with Gasteiger partial charge < -0.3 is 14.2 Å². The first kappa shape index (κ1) is 13.8. The molecule has 0 aromatic heterocycles. The van der Waals surface area contributed by atoms with Crippen LogP contribution < -0.4 is 9.47 Å². The standard InChI is InChI=1S/C16H19NO4/c1-10-7-15(18)17-6-5-11-8-13(19-3)14(20-4)9-12(11)16(17,2)21-10/h7-9H,5-6H2,1-4H3. The maximum atomic E-state index is 12.2. The van der Waals surface area contributed by atoms with Gasteiger partial charge in [-0.3, -0.25) is 9.69 Å². The molecule has 0 bridgehead atoms. The molecule has 3 rings (SSSR count). The van der Waals surface area contributed by atoms with Gasteiger partial charge in [0.2, 0.25) is 5.72 Å². The first-order valence-corrected chi connectivity index (χ1v) is 6.94. The summed E-state index contributed by atoms with van der Waals surface area (Å²) in [6.07, 6.45) is 2.31. The number of hydrogen-bond donors (Lipinski definition) is 0. The number of benzene rings is 1. The molecule has 0 radical (unpaired) electrons. The van der Waals surface area contributed by atoms with Crippen molar-refractivity contribution in [1.82, 2.24) is 4.90 Å². The summed E-state index contributed by atoms with van der Waals surface area (Å²) in [5, 5.41) is 0. The summed E-state index contributed by atoms with van der Waals surface area (Å²) in [5.41, 5.74) is 1.28. The summed E-state index contributed by atoms with van der Waals surface area (Å²) in [6.45, 7) is 4.35. The maximum Gasteiger partial charge on any atom is 0.253 e. The Morgan fingerprint density at radius 3 is 2.57 bits per heavy atom. The molecule has 0 saturated carbocycles. The van der Waals surface area contributed by atoms with Crippen molar-refractivity contribution in [2.24, 2.45) is 0 Å². The van der Waals surface area contributed by atoms with Crippen molar-refractivity contribution in [3.63, 3.8) is 0 Å². The maximum absolute atomic E-state index is 12.2. The largest absolute Gasteiger partial charge is 0.493 e. The van der Waals surface area contributed by atoms with Crippen LogP contribution in [0.3, 0.4) is 0 Å². The Bertz CT molecular complexity index is 637. The summed E-state index contributed by atoms with van der Waals surface area (Å²) in [6, 6.07) is 3.88. The van der Waals surface area contributed by atoms with Crippen molar-refractivity contribution in [1.29, 1.82) is 0 Å². The van der Waals surface area contributed by atoms with Crippen LogP contribution in [0, 0.1) is 0 Å². The van der Waals surface area contributed by atoms with Crippen molar-refractivity contribution in [2.45, 2.75) is 26.0 Å². The van der Waals surface area contributed by atoms with Crippen molar-refractivity contribution >= 4 is 5.91 Å². The molecule has 21 heavy (non-hydrogen) atoms. The Labute approximate surface area is 124 Å². The van der Waals surface area contributed by atoms with Gasteiger partial charge in [-0.1, -0.05) is 0 Å². The van der Waals surface area contributed by atoms with Gasteiger partial charge in [0.1, 0.15) is 5.76 Å². The molecule has 1 aromatic carbocycles. The zero-order valence-corrected chi connectivity index (χ0v) is 12.7. The molecule has 5 heteroatoms. The lowest BCUT2D eigenvalue weighted by Crippen LogP contribution is -2.54. The lowest BCUT2D eigenvalue weighted by Gasteiger charge is -2.47. The normalized spacial score (nSPS) is 23.7. The minimum absolute atomic E-state index is 0.0123. The molecule has 1 amide bonds. The second-order valence-electron chi connectivity index (χ2n) is 5.44. The number of hydrogen-bond acceptors (Lipinski definition) is 4. The van der Waals surface area contributed by atoms with Crippen LogP contribution in [0.4, 0.5) is 0 Å². The molecular formula is C16H19NO4. The first-order chi connectivity index (χ1) is 9.99. The molecule has 0 spiro atoms. The summed E-state index contributed by atoms with van der Waals surface area (Å²) in [7, 11) is 3.22. The highest BCUT2D eigenvalue weighted by Crippen LogP contribution is 2.44. The summed E-state index contributed by atoms with van der Waals surface area (Å²) >= 11 is 0. The minimum atomic E-state index is -0.789. The van der Waals surface area contributed by atoms with E-state index in [-0.39, 0.29) is 5.91 Å². The van der Waals surface area contributed by atoms with Crippen LogP contribution in [0.5, 0.6) is 11.5 Å². The Kier molecular flexibility index (Phi) is 3.08. The highest BCUT2D eigenvalue weighted by Gasteiger charge is 2.46. The number of carbonyl (C=O) groups excluding carboxylic acids is 1. The molecule has 2 aliphatic rings. The van der Waals surface area contributed by atoms with Crippen molar-refractivity contribution in [3.05, 3.63) is 35.1 Å². The van der Waals surface area contributed by atoms with E-state index in [1.165, 1.54) is 6.08 Å². The molecule has 2 aliphatic heterocycles. The van der Waals surface area contributed by atoms with E-state index < -0.39 is 5.72 Å². The molecule has 0 N–H and O–H groups in total.